The molecule has 1 aliphatic rings. The Balaban J connectivity index is 1.71. The van der Waals surface area contributed by atoms with Crippen LogP contribution in [0.15, 0.2) is 24.3 Å². The molecule has 2 N–H and O–H groups in total. The highest BCUT2D eigenvalue weighted by atomic mass is 16.5. The van der Waals surface area contributed by atoms with Gasteiger partial charge in [-0.15, -0.1) is 0 Å². The summed E-state index contributed by atoms with van der Waals surface area (Å²) in [5.41, 5.74) is 6.42. The molecule has 5 nitrogen and oxygen atoms in total. The summed E-state index contributed by atoms with van der Waals surface area (Å²) < 4.78 is 5.58. The number of ether oxygens (including phenoxy) is 1. The third-order valence-corrected chi connectivity index (χ3v) is 3.05. The van der Waals surface area contributed by atoms with Gasteiger partial charge in [-0.3, -0.25) is 0 Å². The topological polar surface area (TPSA) is 58.8 Å². The Morgan fingerprint density at radius 1 is 1.33 bits per heavy atom. The van der Waals surface area contributed by atoms with Crippen LogP contribution in [0.2, 0.25) is 0 Å². The van der Waals surface area contributed by atoms with Gasteiger partial charge >= 0.3 is 6.03 Å². The van der Waals surface area contributed by atoms with Crippen LogP contribution in [0.3, 0.4) is 0 Å². The second-order valence-corrected chi connectivity index (χ2v) is 4.43. The number of urea groups is 1. The van der Waals surface area contributed by atoms with Crippen molar-refractivity contribution in [3.05, 3.63) is 24.3 Å². The first-order valence-electron chi connectivity index (χ1n) is 6.16. The van der Waals surface area contributed by atoms with Gasteiger partial charge in [0.15, 0.2) is 0 Å². The Morgan fingerprint density at radius 2 is 2.11 bits per heavy atom. The molecule has 0 spiro atoms. The van der Waals surface area contributed by atoms with Crippen molar-refractivity contribution in [3.63, 3.8) is 0 Å². The molecule has 0 aliphatic carbocycles. The number of likely N-dealkylation sites (N-methyl/N-ethyl adjacent to an activating group) is 1. The zero-order valence-corrected chi connectivity index (χ0v) is 10.6. The van der Waals surface area contributed by atoms with Crippen molar-refractivity contribution >= 4 is 11.7 Å². The fourth-order valence-corrected chi connectivity index (χ4v) is 1.96. The van der Waals surface area contributed by atoms with Crippen LogP contribution in [0.5, 0.6) is 5.75 Å². The Hall–Kier alpha value is -1.91. The smallest absolute Gasteiger partial charge is 0.319 e. The molecular formula is C13H19N3O2. The van der Waals surface area contributed by atoms with Crippen LogP contribution in [0.1, 0.15) is 6.42 Å². The highest BCUT2D eigenvalue weighted by molar-refractivity contribution is 5.76. The summed E-state index contributed by atoms with van der Waals surface area (Å²) in [6.45, 7) is 2.92. The van der Waals surface area contributed by atoms with Crippen LogP contribution >= 0.6 is 0 Å². The third kappa shape index (κ3) is 2.85. The predicted octanol–water partition coefficient (Wildman–Crippen LogP) is 1.41. The fraction of sp³-hybridized carbons (Fsp3) is 0.462. The van der Waals surface area contributed by atoms with Crippen LogP contribution in [0, 0.1) is 0 Å². The lowest BCUT2D eigenvalue weighted by atomic mass is 10.3. The van der Waals surface area contributed by atoms with Crippen LogP contribution in [-0.4, -0.2) is 49.1 Å². The summed E-state index contributed by atoms with van der Waals surface area (Å²) in [6.07, 6.45) is 0.813. The van der Waals surface area contributed by atoms with E-state index in [2.05, 4.69) is 0 Å². The maximum absolute atomic E-state index is 11.6. The number of amides is 2. The first-order chi connectivity index (χ1) is 8.68. The van der Waals surface area contributed by atoms with Gasteiger partial charge in [-0.2, -0.15) is 0 Å². The van der Waals surface area contributed by atoms with Gasteiger partial charge in [-0.1, -0.05) is 12.1 Å². The highest BCUT2D eigenvalue weighted by Gasteiger charge is 2.24. The molecular weight excluding hydrogens is 230 g/mol. The number of nitrogen functional groups attached to an aromatic ring is 1. The van der Waals surface area contributed by atoms with Gasteiger partial charge < -0.3 is 20.3 Å². The minimum atomic E-state index is 0.106. The van der Waals surface area contributed by atoms with Crippen molar-refractivity contribution in [2.75, 3.05) is 39.0 Å². The van der Waals surface area contributed by atoms with E-state index in [0.717, 1.165) is 26.1 Å². The maximum Gasteiger partial charge on any atom is 0.319 e. The Morgan fingerprint density at radius 3 is 2.78 bits per heavy atom. The van der Waals surface area contributed by atoms with Crippen LogP contribution < -0.4 is 10.5 Å². The van der Waals surface area contributed by atoms with E-state index in [9.17, 15) is 4.79 Å². The average molecular weight is 249 g/mol. The van der Waals surface area contributed by atoms with E-state index < -0.39 is 0 Å². The number of benzene rings is 1. The largest absolute Gasteiger partial charge is 0.491 e. The number of anilines is 1. The van der Waals surface area contributed by atoms with Crippen molar-refractivity contribution < 1.29 is 9.53 Å². The molecule has 1 fully saturated rings. The van der Waals surface area contributed by atoms with E-state index in [4.69, 9.17) is 10.5 Å². The molecule has 0 aromatic heterocycles. The van der Waals surface area contributed by atoms with Crippen molar-refractivity contribution in [1.82, 2.24) is 9.80 Å². The van der Waals surface area contributed by atoms with Crippen molar-refractivity contribution in [2.45, 2.75) is 6.42 Å². The quantitative estimate of drug-likeness (QED) is 0.634. The lowest BCUT2D eigenvalue weighted by Crippen LogP contribution is -2.30. The molecule has 2 amide bonds. The number of para-hydroxylation sites is 2. The molecule has 0 radical (unpaired) electrons. The molecule has 5 heteroatoms. The second kappa shape index (κ2) is 5.62. The first-order valence-corrected chi connectivity index (χ1v) is 6.16. The number of hydrogen-bond donors (Lipinski definition) is 1. The van der Waals surface area contributed by atoms with Crippen LogP contribution in [0.4, 0.5) is 10.5 Å². The van der Waals surface area contributed by atoms with E-state index in [1.165, 1.54) is 0 Å². The summed E-state index contributed by atoms with van der Waals surface area (Å²) in [7, 11) is 1.82. The average Bonchev–Trinajstić information content (AvgIpc) is 2.68. The van der Waals surface area contributed by atoms with Crippen molar-refractivity contribution in [3.8, 4) is 5.75 Å². The molecule has 0 bridgehead atoms. The molecule has 1 aliphatic heterocycles. The Kier molecular flexibility index (Phi) is 3.92. The zero-order valence-electron chi connectivity index (χ0n) is 10.6. The van der Waals surface area contributed by atoms with Gasteiger partial charge in [-0.05, 0) is 18.6 Å². The van der Waals surface area contributed by atoms with Crippen molar-refractivity contribution in [2.24, 2.45) is 0 Å². The molecule has 0 unspecified atom stereocenters. The lowest BCUT2D eigenvalue weighted by molar-refractivity contribution is 0.194. The van der Waals surface area contributed by atoms with Gasteiger partial charge in [0.05, 0.1) is 12.3 Å². The summed E-state index contributed by atoms with van der Waals surface area (Å²) in [6, 6.07) is 7.54. The predicted molar refractivity (Wildman–Crippen MR) is 70.6 cm³/mol. The zero-order chi connectivity index (χ0) is 13.0. The lowest BCUT2D eigenvalue weighted by Gasteiger charge is -2.16. The van der Waals surface area contributed by atoms with Crippen molar-refractivity contribution in [1.29, 1.82) is 0 Å². The molecule has 0 atom stereocenters. The molecule has 1 aromatic carbocycles. The minimum absolute atomic E-state index is 0.106. The number of carbonyl (C=O) groups excluding carboxylic acids is 1. The number of rotatable bonds is 5. The number of hydrogen-bond acceptors (Lipinski definition) is 3. The summed E-state index contributed by atoms with van der Waals surface area (Å²) >= 11 is 0. The molecule has 0 saturated carbocycles. The minimum Gasteiger partial charge on any atom is -0.491 e. The van der Waals surface area contributed by atoms with Gasteiger partial charge in [0.2, 0.25) is 0 Å². The number of nitrogens with zero attached hydrogens (tertiary/aromatic N) is 2. The summed E-state index contributed by atoms with van der Waals surface area (Å²) in [4.78, 5) is 15.2. The van der Waals surface area contributed by atoms with E-state index in [1.807, 2.05) is 36.2 Å². The Labute approximate surface area is 107 Å². The van der Waals surface area contributed by atoms with Gasteiger partial charge in [0.1, 0.15) is 5.75 Å². The third-order valence-electron chi connectivity index (χ3n) is 3.05. The molecule has 1 heterocycles. The van der Waals surface area contributed by atoms with Gasteiger partial charge in [-0.25, -0.2) is 4.79 Å². The summed E-state index contributed by atoms with van der Waals surface area (Å²) in [5, 5.41) is 0. The number of nitrogens with two attached hydrogens (primary N) is 1. The standard InChI is InChI=1S/C13H19N3O2/c1-15-8-9-16(13(15)17)7-4-10-18-12-6-3-2-5-11(12)14/h2-3,5-6H,4,7-10,14H2,1H3. The molecule has 1 aromatic rings. The molecule has 18 heavy (non-hydrogen) atoms. The first kappa shape index (κ1) is 12.5. The maximum atomic E-state index is 11.6. The Bertz CT molecular complexity index is 422. The summed E-state index contributed by atoms with van der Waals surface area (Å²) in [5.74, 6) is 0.711. The highest BCUT2D eigenvalue weighted by Crippen LogP contribution is 2.19. The van der Waals surface area contributed by atoms with E-state index >= 15 is 0 Å². The monoisotopic (exact) mass is 249 g/mol. The van der Waals surface area contributed by atoms with Crippen LogP contribution in [-0.2, 0) is 0 Å². The SMILES string of the molecule is CN1CCN(CCCOc2ccccc2N)C1=O. The van der Waals surface area contributed by atoms with E-state index in [1.54, 1.807) is 4.90 Å². The molecule has 2 rings (SSSR count). The molecule has 98 valence electrons. The molecule has 1 saturated heterocycles. The van der Waals surface area contributed by atoms with Crippen LogP contribution in [0.25, 0.3) is 0 Å². The second-order valence-electron chi connectivity index (χ2n) is 4.43. The van der Waals surface area contributed by atoms with Gasteiger partial charge in [0.25, 0.3) is 0 Å². The fourth-order valence-electron chi connectivity index (χ4n) is 1.96. The van der Waals surface area contributed by atoms with E-state index in [0.29, 0.717) is 18.0 Å². The normalized spacial score (nSPS) is 15.3. The van der Waals surface area contributed by atoms with E-state index in [-0.39, 0.29) is 6.03 Å². The van der Waals surface area contributed by atoms with Gasteiger partial charge in [0, 0.05) is 26.7 Å². The number of carbonyl (C=O) groups is 1.